The molecule has 0 spiro atoms. The van der Waals surface area contributed by atoms with Crippen LogP contribution in [-0.4, -0.2) is 65.0 Å². The standard InChI is InChI=1S/C23H26N2O4.CH2O2/c1-15(26)25-13-18-12-24(22(28)11-17-5-3-4-6-21(17)27)14-20(18)23(25)16-7-9-19(29-2)10-8-16;2-1-3/h3-10,18,20,23,27H,11-14H2,1-2H3;1H,(H,2,3)/t18-,20-,23+;/m1./s1. The Kier molecular flexibility index (Phi) is 7.35. The van der Waals surface area contributed by atoms with Crippen LogP contribution in [0.2, 0.25) is 0 Å². The number of nitrogens with zero attached hydrogens (tertiary/aromatic N) is 2. The van der Waals surface area contributed by atoms with Crippen molar-refractivity contribution in [1.82, 2.24) is 9.80 Å². The van der Waals surface area contributed by atoms with E-state index in [1.165, 1.54) is 0 Å². The molecule has 3 atom stereocenters. The van der Waals surface area contributed by atoms with Crippen molar-refractivity contribution in [3.05, 3.63) is 59.7 Å². The Hall–Kier alpha value is -3.55. The quantitative estimate of drug-likeness (QED) is 0.707. The molecule has 2 heterocycles. The molecule has 2 N–H and O–H groups in total. The molecule has 4 rings (SSSR count). The van der Waals surface area contributed by atoms with E-state index in [1.807, 2.05) is 40.1 Å². The number of carbonyl (C=O) groups excluding carboxylic acids is 2. The number of hydrogen-bond acceptors (Lipinski definition) is 5. The van der Waals surface area contributed by atoms with Gasteiger partial charge in [-0.1, -0.05) is 30.3 Å². The normalized spacial score (nSPS) is 21.4. The van der Waals surface area contributed by atoms with E-state index in [0.717, 1.165) is 11.3 Å². The zero-order valence-corrected chi connectivity index (χ0v) is 18.2. The third kappa shape index (κ3) is 4.85. The molecule has 0 unspecified atom stereocenters. The van der Waals surface area contributed by atoms with E-state index < -0.39 is 0 Å². The SMILES string of the molecule is COc1ccc([C@H]2[C@@H]3CN(C(=O)Cc4ccccc4O)C[C@@H]3CN2C(C)=O)cc1.O=CO. The lowest BCUT2D eigenvalue weighted by Crippen LogP contribution is -2.37. The molecule has 8 nitrogen and oxygen atoms in total. The van der Waals surface area contributed by atoms with Gasteiger partial charge in [0, 0.05) is 44.0 Å². The third-order valence-corrected chi connectivity index (χ3v) is 6.21. The molecule has 2 fully saturated rings. The number of ether oxygens (including phenoxy) is 1. The summed E-state index contributed by atoms with van der Waals surface area (Å²) in [6.07, 6.45) is 0.190. The molecule has 32 heavy (non-hydrogen) atoms. The molecule has 0 aliphatic carbocycles. The molecule has 2 aliphatic rings. The smallest absolute Gasteiger partial charge is 0.290 e. The van der Waals surface area contributed by atoms with E-state index >= 15 is 0 Å². The number of aromatic hydroxyl groups is 1. The van der Waals surface area contributed by atoms with E-state index in [2.05, 4.69) is 0 Å². The molecule has 2 aromatic carbocycles. The largest absolute Gasteiger partial charge is 0.508 e. The average Bonchev–Trinajstić information content (AvgIpc) is 3.34. The van der Waals surface area contributed by atoms with E-state index in [0.29, 0.717) is 25.2 Å². The van der Waals surface area contributed by atoms with Crippen LogP contribution in [0.15, 0.2) is 48.5 Å². The summed E-state index contributed by atoms with van der Waals surface area (Å²) < 4.78 is 5.25. The summed E-state index contributed by atoms with van der Waals surface area (Å²) in [6.45, 7) is 3.29. The van der Waals surface area contributed by atoms with Gasteiger partial charge in [0.25, 0.3) is 6.47 Å². The highest BCUT2D eigenvalue weighted by Crippen LogP contribution is 2.45. The lowest BCUT2D eigenvalue weighted by molar-refractivity contribution is -0.131. The number of benzene rings is 2. The number of fused-ring (bicyclic) bond motifs is 1. The van der Waals surface area contributed by atoms with Crippen molar-refractivity contribution in [2.24, 2.45) is 11.8 Å². The summed E-state index contributed by atoms with van der Waals surface area (Å²) in [5.74, 6) is 1.48. The molecule has 8 heteroatoms. The summed E-state index contributed by atoms with van der Waals surface area (Å²) >= 11 is 0. The Labute approximate surface area is 187 Å². The van der Waals surface area contributed by atoms with Gasteiger partial charge in [-0.25, -0.2) is 0 Å². The molecule has 2 saturated heterocycles. The van der Waals surface area contributed by atoms with Gasteiger partial charge in [-0.05, 0) is 23.8 Å². The van der Waals surface area contributed by atoms with Gasteiger partial charge in [0.1, 0.15) is 11.5 Å². The van der Waals surface area contributed by atoms with E-state index in [-0.39, 0.29) is 48.3 Å². The molecule has 0 aromatic heterocycles. The molecule has 170 valence electrons. The van der Waals surface area contributed by atoms with Crippen LogP contribution < -0.4 is 4.74 Å². The first-order valence-corrected chi connectivity index (χ1v) is 10.4. The first-order valence-electron chi connectivity index (χ1n) is 10.4. The van der Waals surface area contributed by atoms with Crippen molar-refractivity contribution in [2.75, 3.05) is 26.7 Å². The summed E-state index contributed by atoms with van der Waals surface area (Å²) in [4.78, 5) is 37.3. The van der Waals surface area contributed by atoms with E-state index in [1.54, 1.807) is 32.2 Å². The summed E-state index contributed by atoms with van der Waals surface area (Å²) in [6, 6.07) is 14.8. The zero-order chi connectivity index (χ0) is 23.3. The third-order valence-electron chi connectivity index (χ3n) is 6.21. The van der Waals surface area contributed by atoms with Crippen molar-refractivity contribution >= 4 is 18.3 Å². The van der Waals surface area contributed by atoms with Crippen LogP contribution in [0, 0.1) is 11.8 Å². The van der Waals surface area contributed by atoms with Gasteiger partial charge in [0.2, 0.25) is 11.8 Å². The van der Waals surface area contributed by atoms with Crippen LogP contribution in [-0.2, 0) is 20.8 Å². The van der Waals surface area contributed by atoms with Gasteiger partial charge >= 0.3 is 0 Å². The number of amides is 2. The number of carbonyl (C=O) groups is 3. The van der Waals surface area contributed by atoms with Crippen LogP contribution >= 0.6 is 0 Å². The fourth-order valence-electron chi connectivity index (χ4n) is 4.74. The molecular weight excluding hydrogens is 412 g/mol. The lowest BCUT2D eigenvalue weighted by atomic mass is 9.89. The van der Waals surface area contributed by atoms with Gasteiger partial charge < -0.3 is 24.7 Å². The number of methoxy groups -OCH3 is 1. The number of para-hydroxylation sites is 1. The highest BCUT2D eigenvalue weighted by Gasteiger charge is 2.49. The Morgan fingerprint density at radius 2 is 1.75 bits per heavy atom. The maximum Gasteiger partial charge on any atom is 0.290 e. The lowest BCUT2D eigenvalue weighted by Gasteiger charge is -2.29. The van der Waals surface area contributed by atoms with Crippen molar-refractivity contribution in [1.29, 1.82) is 0 Å². The molecule has 0 saturated carbocycles. The maximum absolute atomic E-state index is 12.9. The zero-order valence-electron chi connectivity index (χ0n) is 18.2. The summed E-state index contributed by atoms with van der Waals surface area (Å²) in [5, 5.41) is 16.9. The van der Waals surface area contributed by atoms with Crippen molar-refractivity contribution in [2.45, 2.75) is 19.4 Å². The fraction of sp³-hybridized carbons (Fsp3) is 0.375. The molecule has 2 aromatic rings. The Morgan fingerprint density at radius 3 is 2.34 bits per heavy atom. The second-order valence-corrected chi connectivity index (χ2v) is 8.02. The molecule has 0 radical (unpaired) electrons. The molecule has 0 bridgehead atoms. The highest BCUT2D eigenvalue weighted by molar-refractivity contribution is 5.80. The first-order chi connectivity index (χ1) is 15.4. The fourth-order valence-corrected chi connectivity index (χ4v) is 4.74. The maximum atomic E-state index is 12.9. The van der Waals surface area contributed by atoms with Crippen LogP contribution in [0.1, 0.15) is 24.1 Å². The number of carboxylic acid groups (broad SMARTS) is 1. The molecule has 2 aliphatic heterocycles. The second-order valence-electron chi connectivity index (χ2n) is 8.02. The Balaban J connectivity index is 0.000000913. The van der Waals surface area contributed by atoms with Gasteiger partial charge in [0.15, 0.2) is 0 Å². The topological polar surface area (TPSA) is 107 Å². The summed E-state index contributed by atoms with van der Waals surface area (Å²) in [5.41, 5.74) is 1.72. The van der Waals surface area contributed by atoms with Gasteiger partial charge in [-0.2, -0.15) is 0 Å². The predicted molar refractivity (Wildman–Crippen MR) is 117 cm³/mol. The number of phenols is 1. The van der Waals surface area contributed by atoms with Crippen molar-refractivity contribution in [3.8, 4) is 11.5 Å². The Bertz CT molecular complexity index is 961. The van der Waals surface area contributed by atoms with Crippen LogP contribution in [0.25, 0.3) is 0 Å². The minimum absolute atomic E-state index is 0.0174. The monoisotopic (exact) mass is 440 g/mol. The van der Waals surface area contributed by atoms with Gasteiger partial charge in [0.05, 0.1) is 19.6 Å². The number of phenolic OH excluding ortho intramolecular Hbond substituents is 1. The average molecular weight is 440 g/mol. The summed E-state index contributed by atoms with van der Waals surface area (Å²) in [7, 11) is 1.63. The van der Waals surface area contributed by atoms with E-state index in [4.69, 9.17) is 14.6 Å². The molecule has 2 amide bonds. The van der Waals surface area contributed by atoms with Gasteiger partial charge in [-0.15, -0.1) is 0 Å². The van der Waals surface area contributed by atoms with Crippen LogP contribution in [0.4, 0.5) is 0 Å². The number of likely N-dealkylation sites (tertiary alicyclic amines) is 2. The van der Waals surface area contributed by atoms with Crippen LogP contribution in [0.5, 0.6) is 11.5 Å². The second kappa shape index (κ2) is 10.2. The first kappa shape index (κ1) is 23.1. The van der Waals surface area contributed by atoms with Gasteiger partial charge in [-0.3, -0.25) is 14.4 Å². The minimum Gasteiger partial charge on any atom is -0.508 e. The Morgan fingerprint density at radius 1 is 1.09 bits per heavy atom. The van der Waals surface area contributed by atoms with E-state index in [9.17, 15) is 14.7 Å². The minimum atomic E-state index is -0.250. The number of hydrogen-bond donors (Lipinski definition) is 2. The van der Waals surface area contributed by atoms with Crippen molar-refractivity contribution < 1.29 is 29.3 Å². The predicted octanol–water partition coefficient (Wildman–Crippen LogP) is 2.32. The highest BCUT2D eigenvalue weighted by atomic mass is 16.5. The van der Waals surface area contributed by atoms with Crippen LogP contribution in [0.3, 0.4) is 0 Å². The number of rotatable bonds is 4. The molecular formula is C24H28N2O6. The van der Waals surface area contributed by atoms with Crippen molar-refractivity contribution in [3.63, 3.8) is 0 Å².